The Morgan fingerprint density at radius 2 is 2.06 bits per heavy atom. The number of phenolic OH excluding ortho intramolecular Hbond substituents is 1. The van der Waals surface area contributed by atoms with Gasteiger partial charge in [-0.25, -0.2) is 4.79 Å². The van der Waals surface area contributed by atoms with E-state index in [1.807, 2.05) is 19.1 Å². The molecule has 4 nitrogen and oxygen atoms in total. The van der Waals surface area contributed by atoms with Gasteiger partial charge in [0.25, 0.3) is 0 Å². The molecule has 0 aromatic heterocycles. The van der Waals surface area contributed by atoms with Crippen LogP contribution < -0.4 is 4.74 Å². The molecule has 0 unspecified atom stereocenters. The highest BCUT2D eigenvalue weighted by atomic mass is 16.5. The predicted molar refractivity (Wildman–Crippen MR) is 67.7 cm³/mol. The van der Waals surface area contributed by atoms with E-state index in [4.69, 9.17) is 4.74 Å². The number of methoxy groups -OCH3 is 1. The lowest BCUT2D eigenvalue weighted by atomic mass is 9.87. The molecule has 2 rings (SSSR count). The molecule has 0 atom stereocenters. The van der Waals surface area contributed by atoms with E-state index in [0.717, 1.165) is 36.8 Å². The van der Waals surface area contributed by atoms with E-state index in [2.05, 4.69) is 4.99 Å². The van der Waals surface area contributed by atoms with Crippen molar-refractivity contribution in [2.45, 2.75) is 38.1 Å². The van der Waals surface area contributed by atoms with Gasteiger partial charge < -0.3 is 9.84 Å². The van der Waals surface area contributed by atoms with Crippen LogP contribution in [-0.2, 0) is 10.3 Å². The van der Waals surface area contributed by atoms with Crippen LogP contribution in [0.5, 0.6) is 11.5 Å². The zero-order valence-corrected chi connectivity index (χ0v) is 10.7. The molecule has 1 aliphatic carbocycles. The number of phenols is 1. The Labute approximate surface area is 106 Å². The van der Waals surface area contributed by atoms with Crippen LogP contribution in [0.3, 0.4) is 0 Å². The summed E-state index contributed by atoms with van der Waals surface area (Å²) in [6.45, 7) is 1.81. The van der Waals surface area contributed by atoms with Crippen molar-refractivity contribution in [3.8, 4) is 11.5 Å². The Morgan fingerprint density at radius 3 is 2.61 bits per heavy atom. The lowest BCUT2D eigenvalue weighted by Gasteiger charge is -2.25. The zero-order chi connectivity index (χ0) is 13.2. The number of hydrogen-bond acceptors (Lipinski definition) is 4. The lowest BCUT2D eigenvalue weighted by molar-refractivity contribution is 0.348. The van der Waals surface area contributed by atoms with Gasteiger partial charge >= 0.3 is 0 Å². The number of rotatable bonds is 3. The lowest BCUT2D eigenvalue weighted by Crippen LogP contribution is -2.20. The molecule has 1 saturated carbocycles. The number of carbonyl (C=O) groups excluding carboxylic acids is 1. The molecule has 1 aromatic carbocycles. The molecule has 18 heavy (non-hydrogen) atoms. The van der Waals surface area contributed by atoms with E-state index < -0.39 is 5.54 Å². The van der Waals surface area contributed by atoms with Gasteiger partial charge in [-0.15, -0.1) is 0 Å². The maximum absolute atomic E-state index is 10.7. The summed E-state index contributed by atoms with van der Waals surface area (Å²) in [6.07, 6.45) is 5.29. The highest BCUT2D eigenvalue weighted by molar-refractivity contribution is 5.54. The fourth-order valence-corrected chi connectivity index (χ4v) is 2.73. The molecular weight excluding hydrogens is 230 g/mol. The summed E-state index contributed by atoms with van der Waals surface area (Å²) in [5.41, 5.74) is 0.964. The number of benzene rings is 1. The van der Waals surface area contributed by atoms with Gasteiger partial charge in [0.05, 0.1) is 7.11 Å². The fraction of sp³-hybridized carbons (Fsp3) is 0.500. The van der Waals surface area contributed by atoms with Crippen LogP contribution in [0.15, 0.2) is 17.1 Å². The maximum atomic E-state index is 10.7. The van der Waals surface area contributed by atoms with Gasteiger partial charge in [0.1, 0.15) is 5.54 Å². The third kappa shape index (κ3) is 1.89. The third-order valence-corrected chi connectivity index (χ3v) is 3.73. The van der Waals surface area contributed by atoms with Crippen LogP contribution in [0.4, 0.5) is 0 Å². The third-order valence-electron chi connectivity index (χ3n) is 3.73. The van der Waals surface area contributed by atoms with E-state index in [1.165, 1.54) is 7.11 Å². The Bertz CT molecular complexity index is 498. The Hall–Kier alpha value is -1.80. The second kappa shape index (κ2) is 4.83. The number of ether oxygens (including phenoxy) is 1. The van der Waals surface area contributed by atoms with Crippen molar-refractivity contribution < 1.29 is 14.6 Å². The van der Waals surface area contributed by atoms with Crippen molar-refractivity contribution in [2.24, 2.45) is 4.99 Å². The smallest absolute Gasteiger partial charge is 0.235 e. The Morgan fingerprint density at radius 1 is 1.39 bits per heavy atom. The number of hydrogen-bond donors (Lipinski definition) is 1. The summed E-state index contributed by atoms with van der Waals surface area (Å²) in [5.74, 6) is 0.554. The van der Waals surface area contributed by atoms with Crippen LogP contribution in [0, 0.1) is 6.92 Å². The van der Waals surface area contributed by atoms with Crippen LogP contribution >= 0.6 is 0 Å². The summed E-state index contributed by atoms with van der Waals surface area (Å²) in [7, 11) is 1.52. The molecule has 96 valence electrons. The van der Waals surface area contributed by atoms with Crippen LogP contribution in [0.2, 0.25) is 0 Å². The zero-order valence-electron chi connectivity index (χ0n) is 10.7. The quantitative estimate of drug-likeness (QED) is 0.660. The summed E-state index contributed by atoms with van der Waals surface area (Å²) >= 11 is 0. The topological polar surface area (TPSA) is 58.9 Å². The average Bonchev–Trinajstić information content (AvgIpc) is 2.82. The van der Waals surface area contributed by atoms with Crippen molar-refractivity contribution in [2.75, 3.05) is 7.11 Å². The van der Waals surface area contributed by atoms with E-state index in [1.54, 1.807) is 6.08 Å². The van der Waals surface area contributed by atoms with E-state index in [-0.39, 0.29) is 5.75 Å². The molecule has 1 fully saturated rings. The van der Waals surface area contributed by atoms with Gasteiger partial charge in [-0.3, -0.25) is 0 Å². The molecular formula is C14H17NO3. The van der Waals surface area contributed by atoms with Crippen molar-refractivity contribution >= 4 is 6.08 Å². The molecule has 0 bridgehead atoms. The van der Waals surface area contributed by atoms with Gasteiger partial charge in [-0.2, -0.15) is 4.99 Å². The van der Waals surface area contributed by atoms with Gasteiger partial charge in [-0.05, 0) is 25.3 Å². The van der Waals surface area contributed by atoms with Crippen molar-refractivity contribution in [1.82, 2.24) is 0 Å². The first kappa shape index (κ1) is 12.7. The number of aryl methyl sites for hydroxylation is 1. The molecule has 1 N–H and O–H groups in total. The molecule has 0 heterocycles. The van der Waals surface area contributed by atoms with Gasteiger partial charge in [0.15, 0.2) is 11.5 Å². The molecule has 4 heteroatoms. The summed E-state index contributed by atoms with van der Waals surface area (Å²) in [5, 5.41) is 10.1. The first-order valence-electron chi connectivity index (χ1n) is 6.11. The van der Waals surface area contributed by atoms with E-state index >= 15 is 0 Å². The number of aliphatic imine (C=N–C) groups is 1. The van der Waals surface area contributed by atoms with Gasteiger partial charge in [-0.1, -0.05) is 25.0 Å². The summed E-state index contributed by atoms with van der Waals surface area (Å²) in [4.78, 5) is 14.7. The Balaban J connectivity index is 2.62. The van der Waals surface area contributed by atoms with Crippen LogP contribution in [-0.4, -0.2) is 18.3 Å². The number of isocyanates is 1. The minimum Gasteiger partial charge on any atom is -0.504 e. The molecule has 1 aliphatic rings. The standard InChI is InChI=1S/C14H17NO3/c1-10-5-6-11(13(18-2)12(10)17)14(15-9-16)7-3-4-8-14/h5-6,17H,3-4,7-8H2,1-2H3. The van der Waals surface area contributed by atoms with Crippen LogP contribution in [0.1, 0.15) is 36.8 Å². The molecule has 0 radical (unpaired) electrons. The molecule has 0 saturated heterocycles. The molecule has 0 spiro atoms. The first-order chi connectivity index (χ1) is 8.64. The van der Waals surface area contributed by atoms with Crippen molar-refractivity contribution in [3.05, 3.63) is 23.3 Å². The van der Waals surface area contributed by atoms with Gasteiger partial charge in [0.2, 0.25) is 6.08 Å². The number of nitrogens with zero attached hydrogens (tertiary/aromatic N) is 1. The largest absolute Gasteiger partial charge is 0.504 e. The second-order valence-corrected chi connectivity index (χ2v) is 4.75. The summed E-state index contributed by atoms with van der Waals surface area (Å²) < 4.78 is 5.30. The SMILES string of the molecule is COc1c(C2(N=C=O)CCCC2)ccc(C)c1O. The second-order valence-electron chi connectivity index (χ2n) is 4.75. The minimum absolute atomic E-state index is 0.127. The monoisotopic (exact) mass is 247 g/mol. The predicted octanol–water partition coefficient (Wildman–Crippen LogP) is 2.81. The average molecular weight is 247 g/mol. The van der Waals surface area contributed by atoms with Crippen molar-refractivity contribution in [1.29, 1.82) is 0 Å². The highest BCUT2D eigenvalue weighted by Gasteiger charge is 2.38. The van der Waals surface area contributed by atoms with E-state index in [0.29, 0.717) is 5.75 Å². The highest BCUT2D eigenvalue weighted by Crippen LogP contribution is 2.48. The number of aromatic hydroxyl groups is 1. The fourth-order valence-electron chi connectivity index (χ4n) is 2.73. The van der Waals surface area contributed by atoms with Crippen molar-refractivity contribution in [3.63, 3.8) is 0 Å². The first-order valence-corrected chi connectivity index (χ1v) is 6.11. The maximum Gasteiger partial charge on any atom is 0.235 e. The molecule has 0 amide bonds. The van der Waals surface area contributed by atoms with E-state index in [9.17, 15) is 9.90 Å². The normalized spacial score (nSPS) is 17.2. The van der Waals surface area contributed by atoms with Crippen LogP contribution in [0.25, 0.3) is 0 Å². The Kier molecular flexibility index (Phi) is 3.39. The summed E-state index contributed by atoms with van der Waals surface area (Å²) in [6, 6.07) is 3.72. The molecule has 1 aromatic rings. The van der Waals surface area contributed by atoms with Gasteiger partial charge in [0, 0.05) is 5.56 Å². The molecule has 0 aliphatic heterocycles. The minimum atomic E-state index is -0.571.